The van der Waals surface area contributed by atoms with Gasteiger partial charge in [0.1, 0.15) is 0 Å². The third-order valence-corrected chi connectivity index (χ3v) is 4.67. The molecule has 2 unspecified atom stereocenters. The van der Waals surface area contributed by atoms with E-state index in [0.717, 1.165) is 6.61 Å². The van der Waals surface area contributed by atoms with Crippen LogP contribution < -0.4 is 5.32 Å². The van der Waals surface area contributed by atoms with Crippen molar-refractivity contribution < 1.29 is 4.74 Å². The monoisotopic (exact) mass is 225 g/mol. The molecule has 2 nitrogen and oxygen atoms in total. The molecule has 2 aliphatic rings. The van der Waals surface area contributed by atoms with Crippen molar-refractivity contribution in [3.63, 3.8) is 0 Å². The molecule has 1 saturated heterocycles. The second-order valence-corrected chi connectivity index (χ2v) is 5.84. The van der Waals surface area contributed by atoms with E-state index < -0.39 is 0 Å². The van der Waals surface area contributed by atoms with Crippen molar-refractivity contribution in [1.29, 1.82) is 0 Å². The molecule has 1 N–H and O–H groups in total. The Balaban J connectivity index is 1.77. The van der Waals surface area contributed by atoms with Gasteiger partial charge in [-0.2, -0.15) is 0 Å². The third-order valence-electron chi connectivity index (χ3n) is 4.67. The van der Waals surface area contributed by atoms with Crippen LogP contribution in [-0.4, -0.2) is 25.3 Å². The van der Waals surface area contributed by atoms with Crippen molar-refractivity contribution in [2.75, 3.05) is 13.2 Å². The van der Waals surface area contributed by atoms with Crippen LogP contribution in [0.5, 0.6) is 0 Å². The summed E-state index contributed by atoms with van der Waals surface area (Å²) in [5, 5.41) is 3.81. The van der Waals surface area contributed by atoms with Gasteiger partial charge in [-0.05, 0) is 44.4 Å². The average Bonchev–Trinajstić information content (AvgIpc) is 2.76. The van der Waals surface area contributed by atoms with Crippen LogP contribution in [0.2, 0.25) is 0 Å². The largest absolute Gasteiger partial charge is 0.378 e. The maximum Gasteiger partial charge on any atom is 0.0561 e. The molecule has 0 bridgehead atoms. The molecule has 0 aromatic heterocycles. The fourth-order valence-electron chi connectivity index (χ4n) is 3.32. The minimum absolute atomic E-state index is 0.451. The fourth-order valence-corrected chi connectivity index (χ4v) is 3.32. The van der Waals surface area contributed by atoms with Crippen LogP contribution in [0, 0.1) is 5.41 Å². The van der Waals surface area contributed by atoms with E-state index in [-0.39, 0.29) is 0 Å². The maximum absolute atomic E-state index is 5.59. The van der Waals surface area contributed by atoms with Gasteiger partial charge in [0, 0.05) is 19.2 Å². The van der Waals surface area contributed by atoms with E-state index in [1.165, 1.54) is 51.5 Å². The smallest absolute Gasteiger partial charge is 0.0561 e. The van der Waals surface area contributed by atoms with Crippen LogP contribution in [0.4, 0.5) is 0 Å². The third kappa shape index (κ3) is 2.98. The molecule has 0 radical (unpaired) electrons. The summed E-state index contributed by atoms with van der Waals surface area (Å²) in [6.45, 7) is 6.73. The summed E-state index contributed by atoms with van der Waals surface area (Å²) < 4.78 is 5.59. The molecular weight excluding hydrogens is 198 g/mol. The van der Waals surface area contributed by atoms with Crippen LogP contribution in [0.15, 0.2) is 0 Å². The molecule has 1 aliphatic heterocycles. The Hall–Kier alpha value is -0.0800. The van der Waals surface area contributed by atoms with Gasteiger partial charge in [-0.3, -0.25) is 0 Å². The zero-order chi connectivity index (χ0) is 11.4. The molecular formula is C14H27NO. The minimum Gasteiger partial charge on any atom is -0.378 e. The Labute approximate surface area is 100 Å². The first kappa shape index (κ1) is 12.4. The Bertz CT molecular complexity index is 211. The summed E-state index contributed by atoms with van der Waals surface area (Å²) in [5.74, 6) is 0. The Morgan fingerprint density at radius 1 is 1.31 bits per heavy atom. The Kier molecular flexibility index (Phi) is 4.26. The SMILES string of the molecule is CCC1(CNC2CCOC(C)C2)CCCC1. The van der Waals surface area contributed by atoms with Crippen molar-refractivity contribution >= 4 is 0 Å². The summed E-state index contributed by atoms with van der Waals surface area (Å²) >= 11 is 0. The number of rotatable bonds is 4. The molecule has 2 heteroatoms. The lowest BCUT2D eigenvalue weighted by Crippen LogP contribution is -2.43. The number of nitrogens with one attached hydrogen (secondary N) is 1. The molecule has 1 saturated carbocycles. The molecule has 94 valence electrons. The van der Waals surface area contributed by atoms with Crippen LogP contribution in [-0.2, 0) is 4.74 Å². The first-order valence-electron chi connectivity index (χ1n) is 7.09. The van der Waals surface area contributed by atoms with Crippen LogP contribution in [0.3, 0.4) is 0 Å². The first-order chi connectivity index (χ1) is 7.74. The van der Waals surface area contributed by atoms with E-state index in [2.05, 4.69) is 19.2 Å². The molecule has 2 atom stereocenters. The van der Waals surface area contributed by atoms with Crippen molar-refractivity contribution in [1.82, 2.24) is 5.32 Å². The Morgan fingerprint density at radius 2 is 2.06 bits per heavy atom. The zero-order valence-electron chi connectivity index (χ0n) is 10.9. The zero-order valence-corrected chi connectivity index (χ0v) is 10.9. The predicted molar refractivity (Wildman–Crippen MR) is 67.6 cm³/mol. The molecule has 0 spiro atoms. The lowest BCUT2D eigenvalue weighted by Gasteiger charge is -2.33. The summed E-state index contributed by atoms with van der Waals surface area (Å²) in [4.78, 5) is 0. The average molecular weight is 225 g/mol. The van der Waals surface area contributed by atoms with Gasteiger partial charge in [-0.1, -0.05) is 19.8 Å². The molecule has 0 aromatic rings. The quantitative estimate of drug-likeness (QED) is 0.794. The van der Waals surface area contributed by atoms with Crippen molar-refractivity contribution in [2.24, 2.45) is 5.41 Å². The summed E-state index contributed by atoms with van der Waals surface area (Å²) in [6.07, 6.45) is 9.96. The van der Waals surface area contributed by atoms with Gasteiger partial charge >= 0.3 is 0 Å². The summed E-state index contributed by atoms with van der Waals surface area (Å²) in [5.41, 5.74) is 0.627. The summed E-state index contributed by atoms with van der Waals surface area (Å²) in [6, 6.07) is 0.702. The molecule has 1 heterocycles. The van der Waals surface area contributed by atoms with E-state index in [1.54, 1.807) is 0 Å². The molecule has 16 heavy (non-hydrogen) atoms. The van der Waals surface area contributed by atoms with Crippen LogP contribution in [0.1, 0.15) is 58.8 Å². The van der Waals surface area contributed by atoms with Gasteiger partial charge in [-0.15, -0.1) is 0 Å². The number of ether oxygens (including phenoxy) is 1. The van der Waals surface area contributed by atoms with Gasteiger partial charge in [0.15, 0.2) is 0 Å². The lowest BCUT2D eigenvalue weighted by molar-refractivity contribution is 0.0111. The number of hydrogen-bond acceptors (Lipinski definition) is 2. The molecule has 0 amide bonds. The fraction of sp³-hybridized carbons (Fsp3) is 1.00. The van der Waals surface area contributed by atoms with E-state index in [9.17, 15) is 0 Å². The van der Waals surface area contributed by atoms with Gasteiger partial charge < -0.3 is 10.1 Å². The van der Waals surface area contributed by atoms with Gasteiger partial charge in [0.2, 0.25) is 0 Å². The summed E-state index contributed by atoms with van der Waals surface area (Å²) in [7, 11) is 0. The van der Waals surface area contributed by atoms with E-state index in [4.69, 9.17) is 4.74 Å². The normalized spacial score (nSPS) is 34.1. The second kappa shape index (κ2) is 5.50. The van der Waals surface area contributed by atoms with Gasteiger partial charge in [0.25, 0.3) is 0 Å². The molecule has 1 aliphatic carbocycles. The predicted octanol–water partition coefficient (Wildman–Crippen LogP) is 3.11. The van der Waals surface area contributed by atoms with E-state index >= 15 is 0 Å². The molecule has 0 aromatic carbocycles. The van der Waals surface area contributed by atoms with Crippen LogP contribution >= 0.6 is 0 Å². The van der Waals surface area contributed by atoms with Crippen LogP contribution in [0.25, 0.3) is 0 Å². The maximum atomic E-state index is 5.59. The standard InChI is InChI=1S/C14H27NO/c1-3-14(7-4-5-8-14)11-15-13-6-9-16-12(2)10-13/h12-13,15H,3-11H2,1-2H3. The Morgan fingerprint density at radius 3 is 2.69 bits per heavy atom. The van der Waals surface area contributed by atoms with E-state index in [1.807, 2.05) is 0 Å². The van der Waals surface area contributed by atoms with Crippen molar-refractivity contribution in [3.05, 3.63) is 0 Å². The van der Waals surface area contributed by atoms with E-state index in [0.29, 0.717) is 17.6 Å². The number of hydrogen-bond donors (Lipinski definition) is 1. The first-order valence-corrected chi connectivity index (χ1v) is 7.09. The highest BCUT2D eigenvalue weighted by Gasteiger charge is 2.32. The van der Waals surface area contributed by atoms with Crippen molar-refractivity contribution in [3.8, 4) is 0 Å². The molecule has 2 fully saturated rings. The highest BCUT2D eigenvalue weighted by molar-refractivity contribution is 4.87. The van der Waals surface area contributed by atoms with Crippen molar-refractivity contribution in [2.45, 2.75) is 70.9 Å². The molecule has 2 rings (SSSR count). The van der Waals surface area contributed by atoms with Gasteiger partial charge in [-0.25, -0.2) is 0 Å². The van der Waals surface area contributed by atoms with Gasteiger partial charge in [0.05, 0.1) is 6.10 Å². The highest BCUT2D eigenvalue weighted by atomic mass is 16.5. The highest BCUT2D eigenvalue weighted by Crippen LogP contribution is 2.40. The second-order valence-electron chi connectivity index (χ2n) is 5.84. The lowest BCUT2D eigenvalue weighted by atomic mass is 9.83. The minimum atomic E-state index is 0.451. The topological polar surface area (TPSA) is 21.3 Å².